The third-order valence-electron chi connectivity index (χ3n) is 4.74. The monoisotopic (exact) mass is 514 g/mol. The molecule has 0 saturated carbocycles. The molecule has 4 nitrogen and oxygen atoms in total. The molecule has 1 aromatic heterocycles. The molecule has 1 N–H and O–H groups in total. The van der Waals surface area contributed by atoms with Crippen molar-refractivity contribution in [3.05, 3.63) is 58.2 Å². The number of aliphatic hydroxyl groups is 1. The summed E-state index contributed by atoms with van der Waals surface area (Å²) >= 11 is 3.11. The van der Waals surface area contributed by atoms with E-state index in [1.807, 2.05) is 19.9 Å². The predicted molar refractivity (Wildman–Crippen MR) is 119 cm³/mol. The highest BCUT2D eigenvalue weighted by atomic mass is 79.9. The van der Waals surface area contributed by atoms with Gasteiger partial charge in [-0.25, -0.2) is 0 Å². The Bertz CT molecular complexity index is 1110. The molecule has 3 aromatic rings. The second-order valence-electron chi connectivity index (χ2n) is 7.60. The Morgan fingerprint density at radius 2 is 1.68 bits per heavy atom. The molecule has 0 saturated heterocycles. The van der Waals surface area contributed by atoms with Crippen LogP contribution in [0.25, 0.3) is 22.4 Å². The van der Waals surface area contributed by atoms with Gasteiger partial charge in [-0.15, -0.1) is 0 Å². The molecule has 0 radical (unpaired) electrons. The molecule has 166 valence electrons. The van der Waals surface area contributed by atoms with Crippen molar-refractivity contribution in [2.24, 2.45) is 5.92 Å². The molecule has 0 fully saturated rings. The van der Waals surface area contributed by atoms with Crippen molar-refractivity contribution in [2.75, 3.05) is 6.26 Å². The van der Waals surface area contributed by atoms with Crippen molar-refractivity contribution in [1.29, 1.82) is 0 Å². The van der Waals surface area contributed by atoms with Gasteiger partial charge in [-0.3, -0.25) is 8.89 Å². The minimum atomic E-state index is -4.56. The standard InChI is InChI=1S/C22H22BrF3N2O2S/c1-13(2)11-28-20(19(23)21(27-28)22(24,25)26)15-6-4-14(5-7-15)16-8-9-17(12-29)18(10-16)31(3)30/h4-10,13,29H,11-12H2,1-3H3. The lowest BCUT2D eigenvalue weighted by atomic mass is 10.0. The molecule has 0 bridgehead atoms. The van der Waals surface area contributed by atoms with Gasteiger partial charge in [-0.2, -0.15) is 18.3 Å². The first-order valence-electron chi connectivity index (χ1n) is 9.54. The first-order valence-corrected chi connectivity index (χ1v) is 11.9. The van der Waals surface area contributed by atoms with E-state index in [9.17, 15) is 22.5 Å². The molecule has 0 spiro atoms. The Balaban J connectivity index is 2.05. The van der Waals surface area contributed by atoms with Gasteiger partial charge in [-0.1, -0.05) is 50.2 Å². The van der Waals surface area contributed by atoms with E-state index in [1.54, 1.807) is 42.7 Å². The third kappa shape index (κ3) is 5.10. The maximum Gasteiger partial charge on any atom is 0.436 e. The summed E-state index contributed by atoms with van der Waals surface area (Å²) in [6.07, 6.45) is -3.01. The molecule has 1 unspecified atom stereocenters. The molecule has 31 heavy (non-hydrogen) atoms. The van der Waals surface area contributed by atoms with Gasteiger partial charge in [0.25, 0.3) is 0 Å². The number of aliphatic hydroxyl groups excluding tert-OH is 1. The zero-order valence-electron chi connectivity index (χ0n) is 17.2. The van der Waals surface area contributed by atoms with Crippen LogP contribution in [0.2, 0.25) is 0 Å². The minimum Gasteiger partial charge on any atom is -0.392 e. The van der Waals surface area contributed by atoms with Gasteiger partial charge < -0.3 is 5.11 Å². The molecular formula is C22H22BrF3N2O2S. The van der Waals surface area contributed by atoms with Crippen molar-refractivity contribution in [2.45, 2.75) is 38.1 Å². The Morgan fingerprint density at radius 1 is 1.10 bits per heavy atom. The highest BCUT2D eigenvalue weighted by Gasteiger charge is 2.38. The number of nitrogens with zero attached hydrogens (tertiary/aromatic N) is 2. The quantitative estimate of drug-likeness (QED) is 0.446. The van der Waals surface area contributed by atoms with Crippen LogP contribution in [0.1, 0.15) is 25.1 Å². The Labute approximate surface area is 189 Å². The maximum atomic E-state index is 13.4. The summed E-state index contributed by atoms with van der Waals surface area (Å²) in [5, 5.41) is 13.3. The molecule has 0 aliphatic heterocycles. The van der Waals surface area contributed by atoms with Crippen LogP contribution in [0.3, 0.4) is 0 Å². The second-order valence-corrected chi connectivity index (χ2v) is 9.74. The van der Waals surface area contributed by atoms with Crippen molar-refractivity contribution < 1.29 is 22.5 Å². The van der Waals surface area contributed by atoms with Crippen LogP contribution in [-0.4, -0.2) is 25.4 Å². The van der Waals surface area contributed by atoms with Gasteiger partial charge in [0.05, 0.1) is 27.6 Å². The lowest BCUT2D eigenvalue weighted by molar-refractivity contribution is -0.142. The fraction of sp³-hybridized carbons (Fsp3) is 0.318. The molecule has 1 atom stereocenters. The molecule has 1 heterocycles. The van der Waals surface area contributed by atoms with E-state index in [2.05, 4.69) is 21.0 Å². The lowest BCUT2D eigenvalue weighted by Crippen LogP contribution is -2.11. The number of alkyl halides is 3. The highest BCUT2D eigenvalue weighted by Crippen LogP contribution is 2.40. The van der Waals surface area contributed by atoms with E-state index in [-0.39, 0.29) is 17.0 Å². The first-order chi connectivity index (χ1) is 14.5. The summed E-state index contributed by atoms with van der Waals surface area (Å²) in [4.78, 5) is 0.552. The highest BCUT2D eigenvalue weighted by molar-refractivity contribution is 9.10. The van der Waals surface area contributed by atoms with Crippen molar-refractivity contribution in [3.63, 3.8) is 0 Å². The molecule has 0 aliphatic carbocycles. The van der Waals surface area contributed by atoms with Crippen molar-refractivity contribution >= 4 is 26.7 Å². The minimum absolute atomic E-state index is 0.0793. The van der Waals surface area contributed by atoms with E-state index in [0.717, 1.165) is 11.1 Å². The predicted octanol–water partition coefficient (Wildman–Crippen LogP) is 5.88. The SMILES string of the molecule is CC(C)Cn1nc(C(F)(F)F)c(Br)c1-c1ccc(-c2ccc(CO)c(S(C)=O)c2)cc1. The summed E-state index contributed by atoms with van der Waals surface area (Å²) in [6.45, 7) is 3.98. The number of halogens is 4. The average Bonchev–Trinajstić information content (AvgIpc) is 3.03. The van der Waals surface area contributed by atoms with Gasteiger partial charge >= 0.3 is 6.18 Å². The summed E-state index contributed by atoms with van der Waals surface area (Å²) in [5.74, 6) is 0.115. The molecule has 3 rings (SSSR count). The number of rotatable bonds is 6. The maximum absolute atomic E-state index is 13.4. The largest absolute Gasteiger partial charge is 0.436 e. The number of hydrogen-bond donors (Lipinski definition) is 1. The van der Waals surface area contributed by atoms with Crippen molar-refractivity contribution in [3.8, 4) is 22.4 Å². The van der Waals surface area contributed by atoms with E-state index < -0.39 is 22.7 Å². The molecule has 0 amide bonds. The van der Waals surface area contributed by atoms with E-state index in [1.165, 1.54) is 4.68 Å². The Morgan fingerprint density at radius 3 is 2.19 bits per heavy atom. The Kier molecular flexibility index (Phi) is 7.08. The molecule has 9 heteroatoms. The zero-order valence-corrected chi connectivity index (χ0v) is 19.6. The molecule has 0 aliphatic rings. The smallest absolute Gasteiger partial charge is 0.392 e. The van der Waals surface area contributed by atoms with Gasteiger partial charge in [0.15, 0.2) is 5.69 Å². The van der Waals surface area contributed by atoms with Crippen molar-refractivity contribution in [1.82, 2.24) is 9.78 Å². The molecule has 2 aromatic carbocycles. The second kappa shape index (κ2) is 9.26. The summed E-state index contributed by atoms with van der Waals surface area (Å²) in [6, 6.07) is 12.4. The van der Waals surface area contributed by atoms with Crippen LogP contribution in [0.4, 0.5) is 13.2 Å². The topological polar surface area (TPSA) is 55.1 Å². The Hall–Kier alpha value is -1.97. The van der Waals surface area contributed by atoms with Gasteiger partial charge in [0.2, 0.25) is 0 Å². The third-order valence-corrected chi connectivity index (χ3v) is 6.49. The fourth-order valence-electron chi connectivity index (χ4n) is 3.33. The zero-order chi connectivity index (χ0) is 22.9. The van der Waals surface area contributed by atoms with Gasteiger partial charge in [0.1, 0.15) is 0 Å². The number of benzene rings is 2. The van der Waals surface area contributed by atoms with Crippen LogP contribution >= 0.6 is 15.9 Å². The first kappa shape index (κ1) is 23.7. The number of aromatic nitrogens is 2. The lowest BCUT2D eigenvalue weighted by Gasteiger charge is -2.12. The summed E-state index contributed by atoms with van der Waals surface area (Å²) in [7, 11) is -1.26. The average molecular weight is 515 g/mol. The fourth-order valence-corrected chi connectivity index (χ4v) is 4.86. The van der Waals surface area contributed by atoms with Crippen LogP contribution in [0, 0.1) is 5.92 Å². The summed E-state index contributed by atoms with van der Waals surface area (Å²) < 4.78 is 53.5. The molecular weight excluding hydrogens is 493 g/mol. The van der Waals surface area contributed by atoms with E-state index >= 15 is 0 Å². The van der Waals surface area contributed by atoms with Crippen LogP contribution in [0.5, 0.6) is 0 Å². The van der Waals surface area contributed by atoms with Gasteiger partial charge in [0, 0.05) is 23.3 Å². The van der Waals surface area contributed by atoms with Crippen LogP contribution < -0.4 is 0 Å². The normalized spacial score (nSPS) is 13.1. The number of hydrogen-bond acceptors (Lipinski definition) is 3. The van der Waals surface area contributed by atoms with Gasteiger partial charge in [-0.05, 0) is 44.6 Å². The summed E-state index contributed by atoms with van der Waals surface area (Å²) in [5.41, 5.74) is 2.26. The van der Waals surface area contributed by atoms with Crippen LogP contribution in [0.15, 0.2) is 51.8 Å². The van der Waals surface area contributed by atoms with E-state index in [4.69, 9.17) is 0 Å². The van der Waals surface area contributed by atoms with E-state index in [0.29, 0.717) is 28.3 Å². The van der Waals surface area contributed by atoms with Crippen LogP contribution in [-0.2, 0) is 30.1 Å².